The zero-order valence-electron chi connectivity index (χ0n) is 22.0. The number of oxazole rings is 1. The van der Waals surface area contributed by atoms with Crippen LogP contribution < -0.4 is 10.6 Å². The number of aliphatic hydroxyl groups excluding tert-OH is 1. The van der Waals surface area contributed by atoms with Crippen molar-refractivity contribution in [2.75, 3.05) is 6.54 Å². The van der Waals surface area contributed by atoms with Crippen LogP contribution in [-0.4, -0.2) is 34.7 Å². The molecule has 0 aliphatic carbocycles. The van der Waals surface area contributed by atoms with Crippen molar-refractivity contribution < 1.29 is 23.1 Å². The fraction of sp³-hybridized carbons (Fsp3) is 0.333. The van der Waals surface area contributed by atoms with Crippen molar-refractivity contribution in [1.82, 2.24) is 15.6 Å². The highest BCUT2D eigenvalue weighted by Crippen LogP contribution is 2.21. The first kappa shape index (κ1) is 30.2. The van der Waals surface area contributed by atoms with Gasteiger partial charge in [0.1, 0.15) is 17.2 Å². The zero-order valence-corrected chi connectivity index (χ0v) is 22.9. The van der Waals surface area contributed by atoms with E-state index < -0.39 is 29.7 Å². The predicted octanol–water partition coefficient (Wildman–Crippen LogP) is 5.53. The van der Waals surface area contributed by atoms with Gasteiger partial charge >= 0.3 is 0 Å². The molecule has 9 heteroatoms. The number of hydrogen-bond acceptors (Lipinski definition) is 5. The lowest BCUT2D eigenvalue weighted by Crippen LogP contribution is -2.48. The lowest BCUT2D eigenvalue weighted by atomic mass is 9.99. The molecule has 2 atom stereocenters. The molecule has 0 saturated carbocycles. The summed E-state index contributed by atoms with van der Waals surface area (Å²) in [5.74, 6) is -1.34. The molecule has 0 unspecified atom stereocenters. The standard InChI is InChI=1S/C30H33F2N3O3.ClH/c1-3-7-28-35-29-24(10-6-11-27(29)38-28)30(37)34-25(15-21-13-22(31)16-23(32)14-21)26(36)18-33-17-20-9-5-8-19(4-2)12-20;/h5-6,8-14,16,25-26,33,36H,3-4,7,15,17-18H2,1-2H3,(H,34,37);1H/t25-,26+;/m0./s1. The number of nitrogens with one attached hydrogen (secondary N) is 2. The molecule has 4 rings (SSSR count). The van der Waals surface area contributed by atoms with Crippen molar-refractivity contribution in [3.63, 3.8) is 0 Å². The van der Waals surface area contributed by atoms with E-state index >= 15 is 0 Å². The van der Waals surface area contributed by atoms with Crippen LogP contribution in [0.4, 0.5) is 8.78 Å². The number of amides is 1. The van der Waals surface area contributed by atoms with Crippen molar-refractivity contribution >= 4 is 29.4 Å². The van der Waals surface area contributed by atoms with Crippen molar-refractivity contribution in [3.8, 4) is 0 Å². The van der Waals surface area contributed by atoms with E-state index in [4.69, 9.17) is 4.42 Å². The van der Waals surface area contributed by atoms with E-state index in [-0.39, 0.29) is 25.4 Å². The molecule has 3 N–H and O–H groups in total. The Kier molecular flexibility index (Phi) is 11.0. The molecule has 0 aliphatic rings. The van der Waals surface area contributed by atoms with Gasteiger partial charge in [-0.15, -0.1) is 12.4 Å². The van der Waals surface area contributed by atoms with Gasteiger partial charge in [-0.05, 0) is 60.2 Å². The molecule has 208 valence electrons. The van der Waals surface area contributed by atoms with Crippen molar-refractivity contribution in [1.29, 1.82) is 0 Å². The summed E-state index contributed by atoms with van der Waals surface area (Å²) in [5, 5.41) is 17.2. The van der Waals surface area contributed by atoms with E-state index in [2.05, 4.69) is 34.7 Å². The maximum atomic E-state index is 13.9. The molecule has 0 aliphatic heterocycles. The first-order valence-electron chi connectivity index (χ1n) is 13.0. The molecule has 0 radical (unpaired) electrons. The molecule has 6 nitrogen and oxygen atoms in total. The second-order valence-corrected chi connectivity index (χ2v) is 9.44. The second kappa shape index (κ2) is 14.2. The van der Waals surface area contributed by atoms with Gasteiger partial charge in [0.2, 0.25) is 0 Å². The first-order chi connectivity index (χ1) is 18.4. The summed E-state index contributed by atoms with van der Waals surface area (Å²) < 4.78 is 33.5. The highest BCUT2D eigenvalue weighted by atomic mass is 35.5. The smallest absolute Gasteiger partial charge is 0.253 e. The van der Waals surface area contributed by atoms with Crippen LogP contribution in [-0.2, 0) is 25.8 Å². The van der Waals surface area contributed by atoms with Gasteiger partial charge in [0.15, 0.2) is 11.5 Å². The third-order valence-corrected chi connectivity index (χ3v) is 6.41. The van der Waals surface area contributed by atoms with Crippen LogP contribution in [0.15, 0.2) is 65.1 Å². The van der Waals surface area contributed by atoms with Crippen LogP contribution in [0.1, 0.15) is 53.2 Å². The number of carbonyl (C=O) groups is 1. The summed E-state index contributed by atoms with van der Waals surface area (Å²) in [7, 11) is 0. The van der Waals surface area contributed by atoms with Crippen LogP contribution in [0, 0.1) is 11.6 Å². The van der Waals surface area contributed by atoms with Crippen LogP contribution in [0.5, 0.6) is 0 Å². The van der Waals surface area contributed by atoms with E-state index in [1.807, 2.05) is 19.1 Å². The Morgan fingerprint density at radius 1 is 1.00 bits per heavy atom. The molecule has 1 heterocycles. The molecular weight excluding hydrogens is 524 g/mol. The number of carbonyl (C=O) groups excluding carboxylic acids is 1. The molecule has 0 spiro atoms. The quantitative estimate of drug-likeness (QED) is 0.213. The largest absolute Gasteiger partial charge is 0.441 e. The van der Waals surface area contributed by atoms with E-state index in [1.54, 1.807) is 18.2 Å². The Labute approximate surface area is 233 Å². The van der Waals surface area contributed by atoms with E-state index in [9.17, 15) is 18.7 Å². The lowest BCUT2D eigenvalue weighted by Gasteiger charge is -2.25. The van der Waals surface area contributed by atoms with Gasteiger partial charge in [0, 0.05) is 25.6 Å². The SMILES string of the molecule is CCCc1nc2c(C(=O)N[C@@H](Cc3cc(F)cc(F)c3)[C@H](O)CNCc3cccc(CC)c3)cccc2o1.Cl. The fourth-order valence-corrected chi connectivity index (χ4v) is 4.48. The summed E-state index contributed by atoms with van der Waals surface area (Å²) in [4.78, 5) is 17.8. The number of aliphatic hydroxyl groups is 1. The third kappa shape index (κ3) is 8.08. The Morgan fingerprint density at radius 2 is 1.72 bits per heavy atom. The van der Waals surface area contributed by atoms with Crippen LogP contribution >= 0.6 is 12.4 Å². The Bertz CT molecular complexity index is 1370. The van der Waals surface area contributed by atoms with Crippen LogP contribution in [0.3, 0.4) is 0 Å². The van der Waals surface area contributed by atoms with E-state index in [0.29, 0.717) is 41.1 Å². The number of aryl methyl sites for hydroxylation is 2. The van der Waals surface area contributed by atoms with Crippen LogP contribution in [0.2, 0.25) is 0 Å². The molecule has 0 fully saturated rings. The number of rotatable bonds is 12. The summed E-state index contributed by atoms with van der Waals surface area (Å²) in [6.45, 7) is 4.79. The number of fused-ring (bicyclic) bond motifs is 1. The monoisotopic (exact) mass is 557 g/mol. The number of halogens is 3. The summed E-state index contributed by atoms with van der Waals surface area (Å²) >= 11 is 0. The minimum atomic E-state index is -1.04. The first-order valence-corrected chi connectivity index (χ1v) is 13.0. The van der Waals surface area contributed by atoms with Gasteiger partial charge in [0.25, 0.3) is 5.91 Å². The Hall–Kier alpha value is -3.33. The highest BCUT2D eigenvalue weighted by molar-refractivity contribution is 6.04. The normalized spacial score (nSPS) is 12.6. The van der Waals surface area contributed by atoms with Crippen molar-refractivity contribution in [2.45, 2.75) is 58.2 Å². The number of nitrogens with zero attached hydrogens (tertiary/aromatic N) is 1. The van der Waals surface area contributed by atoms with Gasteiger partial charge in [-0.3, -0.25) is 4.79 Å². The number of benzene rings is 3. The lowest BCUT2D eigenvalue weighted by molar-refractivity contribution is 0.0831. The minimum Gasteiger partial charge on any atom is -0.441 e. The number of para-hydroxylation sites is 1. The van der Waals surface area contributed by atoms with E-state index in [0.717, 1.165) is 24.5 Å². The maximum Gasteiger partial charge on any atom is 0.253 e. The second-order valence-electron chi connectivity index (χ2n) is 9.44. The van der Waals surface area contributed by atoms with Crippen LogP contribution in [0.25, 0.3) is 11.1 Å². The topological polar surface area (TPSA) is 87.4 Å². The number of hydrogen-bond donors (Lipinski definition) is 3. The molecular formula is C30H34ClF2N3O3. The van der Waals surface area contributed by atoms with Gasteiger partial charge in [-0.1, -0.05) is 44.2 Å². The Balaban J connectivity index is 0.00000420. The summed E-state index contributed by atoms with van der Waals surface area (Å²) in [6, 6.07) is 15.6. The fourth-order valence-electron chi connectivity index (χ4n) is 4.48. The zero-order chi connectivity index (χ0) is 27.1. The summed E-state index contributed by atoms with van der Waals surface area (Å²) in [5.41, 5.74) is 3.86. The molecule has 1 aromatic heterocycles. The molecule has 4 aromatic rings. The third-order valence-electron chi connectivity index (χ3n) is 6.41. The van der Waals surface area contributed by atoms with Gasteiger partial charge in [0.05, 0.1) is 17.7 Å². The minimum absolute atomic E-state index is 0. The number of aromatic nitrogens is 1. The highest BCUT2D eigenvalue weighted by Gasteiger charge is 2.25. The molecule has 39 heavy (non-hydrogen) atoms. The summed E-state index contributed by atoms with van der Waals surface area (Å²) in [6.07, 6.45) is 1.42. The molecule has 1 amide bonds. The predicted molar refractivity (Wildman–Crippen MR) is 150 cm³/mol. The van der Waals surface area contributed by atoms with E-state index in [1.165, 1.54) is 17.7 Å². The van der Waals surface area contributed by atoms with Crippen molar-refractivity contribution in [2.24, 2.45) is 0 Å². The maximum absolute atomic E-state index is 13.9. The Morgan fingerprint density at radius 3 is 2.44 bits per heavy atom. The van der Waals surface area contributed by atoms with Gasteiger partial charge < -0.3 is 20.2 Å². The van der Waals surface area contributed by atoms with Gasteiger partial charge in [-0.25, -0.2) is 13.8 Å². The van der Waals surface area contributed by atoms with Gasteiger partial charge in [-0.2, -0.15) is 0 Å². The molecule has 0 saturated heterocycles. The molecule has 0 bridgehead atoms. The average molecular weight is 558 g/mol. The molecule has 3 aromatic carbocycles. The van der Waals surface area contributed by atoms with Crippen molar-refractivity contribution in [3.05, 3.63) is 100 Å². The average Bonchev–Trinajstić information content (AvgIpc) is 3.30.